The molecule has 0 spiro atoms. The number of halogens is 2. The fraction of sp³-hybridized carbons (Fsp3) is 0.238. The summed E-state index contributed by atoms with van der Waals surface area (Å²) in [7, 11) is 0. The van der Waals surface area contributed by atoms with Gasteiger partial charge in [0, 0.05) is 35.4 Å². The van der Waals surface area contributed by atoms with Crippen LogP contribution in [-0.2, 0) is 11.4 Å². The average Bonchev–Trinajstić information content (AvgIpc) is 3.16. The number of aromatic nitrogens is 3. The number of nitrogens with one attached hydrogen (secondary N) is 1. The van der Waals surface area contributed by atoms with Crippen molar-refractivity contribution in [1.29, 1.82) is 0 Å². The summed E-state index contributed by atoms with van der Waals surface area (Å²) in [6, 6.07) is 10.8. The highest BCUT2D eigenvalue weighted by Crippen LogP contribution is 2.32. The SMILES string of the molecule is Cc1ccc(Nc2nc(N)nc(COc3cc(N4CCCC4=O)ccc3Cl)n2)cc1Cl. The quantitative estimate of drug-likeness (QED) is 0.558. The van der Waals surface area contributed by atoms with Gasteiger partial charge in [-0.2, -0.15) is 15.0 Å². The summed E-state index contributed by atoms with van der Waals surface area (Å²) in [6.07, 6.45) is 1.38. The normalized spacial score (nSPS) is 13.5. The summed E-state index contributed by atoms with van der Waals surface area (Å²) in [5.41, 5.74) is 8.27. The average molecular weight is 459 g/mol. The Morgan fingerprint density at radius 3 is 2.71 bits per heavy atom. The number of carbonyl (C=O) groups excluding carboxylic acids is 1. The molecule has 160 valence electrons. The van der Waals surface area contributed by atoms with E-state index in [1.165, 1.54) is 0 Å². The molecule has 31 heavy (non-hydrogen) atoms. The molecule has 8 nitrogen and oxygen atoms in total. The molecule has 3 N–H and O–H groups in total. The van der Waals surface area contributed by atoms with Crippen molar-refractivity contribution in [2.45, 2.75) is 26.4 Å². The number of anilines is 4. The Morgan fingerprint density at radius 1 is 1.13 bits per heavy atom. The molecular formula is C21H20Cl2N6O2. The van der Waals surface area contributed by atoms with E-state index in [-0.39, 0.29) is 24.4 Å². The molecule has 1 aromatic heterocycles. The maximum absolute atomic E-state index is 12.0. The highest BCUT2D eigenvalue weighted by Gasteiger charge is 2.22. The predicted octanol–water partition coefficient (Wildman–Crippen LogP) is 4.52. The number of ether oxygens (including phenoxy) is 1. The maximum Gasteiger partial charge on any atom is 0.232 e. The molecule has 1 amide bonds. The second kappa shape index (κ2) is 8.95. The van der Waals surface area contributed by atoms with Crippen molar-refractivity contribution in [1.82, 2.24) is 15.0 Å². The molecule has 0 bridgehead atoms. The zero-order valence-electron chi connectivity index (χ0n) is 16.7. The Labute approximate surface area is 189 Å². The number of nitrogens with two attached hydrogens (primary N) is 1. The van der Waals surface area contributed by atoms with E-state index in [1.54, 1.807) is 29.2 Å². The molecule has 10 heteroatoms. The van der Waals surface area contributed by atoms with Crippen molar-refractivity contribution < 1.29 is 9.53 Å². The van der Waals surface area contributed by atoms with Gasteiger partial charge < -0.3 is 20.7 Å². The molecule has 0 saturated carbocycles. The van der Waals surface area contributed by atoms with Crippen LogP contribution in [0.5, 0.6) is 5.75 Å². The smallest absolute Gasteiger partial charge is 0.232 e. The van der Waals surface area contributed by atoms with Gasteiger partial charge in [-0.3, -0.25) is 4.79 Å². The molecule has 0 atom stereocenters. The van der Waals surface area contributed by atoms with Crippen LogP contribution in [0.15, 0.2) is 36.4 Å². The molecule has 1 fully saturated rings. The first-order chi connectivity index (χ1) is 14.9. The molecule has 0 radical (unpaired) electrons. The fourth-order valence-corrected chi connectivity index (χ4v) is 3.54. The summed E-state index contributed by atoms with van der Waals surface area (Å²) >= 11 is 12.4. The van der Waals surface area contributed by atoms with Gasteiger partial charge in [0.2, 0.25) is 17.8 Å². The number of carbonyl (C=O) groups is 1. The lowest BCUT2D eigenvalue weighted by Crippen LogP contribution is -2.23. The summed E-state index contributed by atoms with van der Waals surface area (Å²) in [5, 5.41) is 4.11. The van der Waals surface area contributed by atoms with Gasteiger partial charge in [-0.05, 0) is 43.2 Å². The van der Waals surface area contributed by atoms with Crippen molar-refractivity contribution >= 4 is 52.4 Å². The van der Waals surface area contributed by atoms with Crippen molar-refractivity contribution in [3.05, 3.63) is 57.8 Å². The minimum Gasteiger partial charge on any atom is -0.484 e. The van der Waals surface area contributed by atoms with Crippen LogP contribution in [0, 0.1) is 6.92 Å². The molecule has 2 heterocycles. The first-order valence-corrected chi connectivity index (χ1v) is 10.4. The van der Waals surface area contributed by atoms with Crippen LogP contribution in [0.3, 0.4) is 0 Å². The van der Waals surface area contributed by atoms with Crippen molar-refractivity contribution in [2.75, 3.05) is 22.5 Å². The van der Waals surface area contributed by atoms with Crippen LogP contribution in [0.4, 0.5) is 23.3 Å². The monoisotopic (exact) mass is 458 g/mol. The van der Waals surface area contributed by atoms with Gasteiger partial charge in [0.05, 0.1) is 5.02 Å². The van der Waals surface area contributed by atoms with Crippen LogP contribution in [0.25, 0.3) is 0 Å². The molecular weight excluding hydrogens is 439 g/mol. The largest absolute Gasteiger partial charge is 0.484 e. The first kappa shape index (κ1) is 21.1. The standard InChI is InChI=1S/C21H20Cl2N6O2/c1-12-4-5-13(9-16(12)23)25-21-27-18(26-20(24)28-21)11-31-17-10-14(6-7-15(17)22)29-8-2-3-19(29)30/h4-7,9-10H,2-3,8,11H2,1H3,(H3,24,25,26,27,28). The van der Waals surface area contributed by atoms with Crippen LogP contribution in [-0.4, -0.2) is 27.4 Å². The Hall–Kier alpha value is -3.10. The number of hydrogen-bond donors (Lipinski definition) is 2. The van der Waals surface area contributed by atoms with Gasteiger partial charge in [-0.15, -0.1) is 0 Å². The minimum absolute atomic E-state index is 0.0210. The topological polar surface area (TPSA) is 106 Å². The number of amides is 1. The predicted molar refractivity (Wildman–Crippen MR) is 121 cm³/mol. The van der Waals surface area contributed by atoms with E-state index in [4.69, 9.17) is 33.7 Å². The van der Waals surface area contributed by atoms with Crippen molar-refractivity contribution in [3.8, 4) is 5.75 Å². The van der Waals surface area contributed by atoms with Gasteiger partial charge in [0.1, 0.15) is 12.4 Å². The van der Waals surface area contributed by atoms with E-state index < -0.39 is 0 Å². The maximum atomic E-state index is 12.0. The van der Waals surface area contributed by atoms with E-state index in [0.29, 0.717) is 34.6 Å². The third-order valence-corrected chi connectivity index (χ3v) is 5.50. The zero-order chi connectivity index (χ0) is 22.0. The van der Waals surface area contributed by atoms with E-state index >= 15 is 0 Å². The highest BCUT2D eigenvalue weighted by atomic mass is 35.5. The van der Waals surface area contributed by atoms with Gasteiger partial charge >= 0.3 is 0 Å². The van der Waals surface area contributed by atoms with Gasteiger partial charge in [-0.1, -0.05) is 29.3 Å². The third kappa shape index (κ3) is 4.98. The van der Waals surface area contributed by atoms with Gasteiger partial charge in [-0.25, -0.2) is 0 Å². The number of hydrogen-bond acceptors (Lipinski definition) is 7. The molecule has 3 aromatic rings. The third-order valence-electron chi connectivity index (χ3n) is 4.78. The highest BCUT2D eigenvalue weighted by molar-refractivity contribution is 6.32. The first-order valence-electron chi connectivity index (χ1n) is 9.65. The number of aryl methyl sites for hydroxylation is 1. The number of nitrogen functional groups attached to an aromatic ring is 1. The van der Waals surface area contributed by atoms with E-state index in [2.05, 4.69) is 20.3 Å². The van der Waals surface area contributed by atoms with Gasteiger partial charge in [0.15, 0.2) is 5.82 Å². The fourth-order valence-electron chi connectivity index (χ4n) is 3.19. The lowest BCUT2D eigenvalue weighted by Gasteiger charge is -2.17. The van der Waals surface area contributed by atoms with Crippen LogP contribution in [0.2, 0.25) is 10.0 Å². The van der Waals surface area contributed by atoms with Crippen LogP contribution in [0.1, 0.15) is 24.2 Å². The van der Waals surface area contributed by atoms with Crippen molar-refractivity contribution in [2.24, 2.45) is 0 Å². The Kier molecular flexibility index (Phi) is 6.11. The molecule has 0 unspecified atom stereocenters. The molecule has 2 aromatic carbocycles. The Morgan fingerprint density at radius 2 is 1.97 bits per heavy atom. The second-order valence-corrected chi connectivity index (χ2v) is 7.89. The Balaban J connectivity index is 1.49. The summed E-state index contributed by atoms with van der Waals surface area (Å²) in [5.74, 6) is 1.17. The van der Waals surface area contributed by atoms with E-state index in [9.17, 15) is 4.79 Å². The molecule has 1 aliphatic heterocycles. The van der Waals surface area contributed by atoms with E-state index in [0.717, 1.165) is 23.4 Å². The van der Waals surface area contributed by atoms with Crippen LogP contribution >= 0.6 is 23.2 Å². The van der Waals surface area contributed by atoms with E-state index in [1.807, 2.05) is 19.1 Å². The lowest BCUT2D eigenvalue weighted by molar-refractivity contribution is -0.117. The number of benzene rings is 2. The molecule has 1 saturated heterocycles. The van der Waals surface area contributed by atoms with Crippen LogP contribution < -0.4 is 20.7 Å². The molecule has 1 aliphatic rings. The number of nitrogens with zero attached hydrogens (tertiary/aromatic N) is 4. The van der Waals surface area contributed by atoms with Gasteiger partial charge in [0.25, 0.3) is 0 Å². The minimum atomic E-state index is 0.0210. The summed E-state index contributed by atoms with van der Waals surface area (Å²) in [6.45, 7) is 2.62. The molecule has 4 rings (SSSR count). The number of rotatable bonds is 6. The summed E-state index contributed by atoms with van der Waals surface area (Å²) < 4.78 is 5.83. The summed E-state index contributed by atoms with van der Waals surface area (Å²) in [4.78, 5) is 26.3. The lowest BCUT2D eigenvalue weighted by atomic mass is 10.2. The molecule has 0 aliphatic carbocycles. The zero-order valence-corrected chi connectivity index (χ0v) is 18.2. The van der Waals surface area contributed by atoms with Crippen molar-refractivity contribution in [3.63, 3.8) is 0 Å². The second-order valence-electron chi connectivity index (χ2n) is 7.07. The Bertz CT molecular complexity index is 1140.